The zero-order valence-corrected chi connectivity index (χ0v) is 8.23. The molecule has 0 bridgehead atoms. The molecule has 0 N–H and O–H groups in total. The van der Waals surface area contributed by atoms with Crippen LogP contribution >= 0.6 is 23.2 Å². The molecule has 1 aliphatic carbocycles. The fraction of sp³-hybridized carbons (Fsp3) is 0.333. The topological polar surface area (TPSA) is 36.7 Å². The number of hydrogen-bond donors (Lipinski definition) is 0. The van der Waals surface area contributed by atoms with Crippen LogP contribution in [0.2, 0.25) is 10.2 Å². The van der Waals surface area contributed by atoms with E-state index in [-0.39, 0.29) is 5.15 Å². The second kappa shape index (κ2) is 3.17. The zero-order valence-electron chi connectivity index (χ0n) is 6.72. The molecule has 4 heteroatoms. The average molecular weight is 213 g/mol. The fourth-order valence-electron chi connectivity index (χ4n) is 1.36. The van der Waals surface area contributed by atoms with Gasteiger partial charge in [-0.15, -0.1) is 0 Å². The van der Waals surface area contributed by atoms with E-state index in [1.54, 1.807) is 0 Å². The van der Waals surface area contributed by atoms with Crippen molar-refractivity contribution >= 4 is 23.2 Å². The van der Waals surface area contributed by atoms with Crippen molar-refractivity contribution < 1.29 is 0 Å². The highest BCUT2D eigenvalue weighted by Gasteiger charge is 2.29. The van der Waals surface area contributed by atoms with E-state index in [0.717, 1.165) is 18.4 Å². The minimum atomic E-state index is 0.258. The third-order valence-electron chi connectivity index (χ3n) is 2.12. The van der Waals surface area contributed by atoms with Gasteiger partial charge in [-0.05, 0) is 24.3 Å². The predicted molar refractivity (Wildman–Crippen MR) is 50.9 cm³/mol. The number of hydrogen-bond acceptors (Lipinski definition) is 2. The number of nitriles is 1. The van der Waals surface area contributed by atoms with E-state index in [1.165, 1.54) is 6.20 Å². The largest absolute Gasteiger partial charge is 0.242 e. The van der Waals surface area contributed by atoms with Crippen LogP contribution in [0.3, 0.4) is 0 Å². The summed E-state index contributed by atoms with van der Waals surface area (Å²) >= 11 is 11.7. The molecule has 0 saturated heterocycles. The summed E-state index contributed by atoms with van der Waals surface area (Å²) in [6, 6.07) is 2.05. The van der Waals surface area contributed by atoms with Gasteiger partial charge in [-0.2, -0.15) is 5.26 Å². The van der Waals surface area contributed by atoms with E-state index in [2.05, 4.69) is 4.98 Å². The summed E-state index contributed by atoms with van der Waals surface area (Å²) in [5.74, 6) is 0.419. The number of aromatic nitrogens is 1. The Morgan fingerprint density at radius 3 is 2.69 bits per heavy atom. The molecule has 0 spiro atoms. The molecule has 0 radical (unpaired) electrons. The van der Waals surface area contributed by atoms with Gasteiger partial charge >= 0.3 is 0 Å². The summed E-state index contributed by atoms with van der Waals surface area (Å²) in [7, 11) is 0. The molecule has 1 aromatic rings. The van der Waals surface area contributed by atoms with Crippen LogP contribution in [-0.4, -0.2) is 4.98 Å². The van der Waals surface area contributed by atoms with Gasteiger partial charge in [0.05, 0.1) is 10.6 Å². The summed E-state index contributed by atoms with van der Waals surface area (Å²) in [6.45, 7) is 0. The Hall–Kier alpha value is -0.780. The first-order valence-corrected chi connectivity index (χ1v) is 4.73. The SMILES string of the molecule is N#Cc1c(Cl)ncc(Cl)c1C1CC1. The van der Waals surface area contributed by atoms with Crippen molar-refractivity contribution in [2.24, 2.45) is 0 Å². The van der Waals surface area contributed by atoms with E-state index < -0.39 is 0 Å². The maximum absolute atomic E-state index is 8.87. The number of nitrogens with zero attached hydrogens (tertiary/aromatic N) is 2. The van der Waals surface area contributed by atoms with Gasteiger partial charge < -0.3 is 0 Å². The van der Waals surface area contributed by atoms with E-state index in [9.17, 15) is 0 Å². The van der Waals surface area contributed by atoms with Crippen LogP contribution < -0.4 is 0 Å². The van der Waals surface area contributed by atoms with Crippen molar-refractivity contribution in [2.75, 3.05) is 0 Å². The Kier molecular flexibility index (Phi) is 2.15. The van der Waals surface area contributed by atoms with Crippen molar-refractivity contribution in [3.63, 3.8) is 0 Å². The molecule has 66 valence electrons. The van der Waals surface area contributed by atoms with E-state index in [1.807, 2.05) is 6.07 Å². The summed E-state index contributed by atoms with van der Waals surface area (Å²) in [5, 5.41) is 9.68. The van der Waals surface area contributed by atoms with E-state index in [0.29, 0.717) is 16.5 Å². The Morgan fingerprint density at radius 1 is 1.46 bits per heavy atom. The van der Waals surface area contributed by atoms with Crippen molar-refractivity contribution in [1.29, 1.82) is 5.26 Å². The molecular formula is C9H6Cl2N2. The molecule has 13 heavy (non-hydrogen) atoms. The van der Waals surface area contributed by atoms with Crippen molar-refractivity contribution in [1.82, 2.24) is 4.98 Å². The highest BCUT2D eigenvalue weighted by Crippen LogP contribution is 2.45. The van der Waals surface area contributed by atoms with Gasteiger partial charge in [0.25, 0.3) is 0 Å². The minimum Gasteiger partial charge on any atom is -0.242 e. The molecule has 0 atom stereocenters. The lowest BCUT2D eigenvalue weighted by molar-refractivity contribution is 1.09. The number of rotatable bonds is 1. The van der Waals surface area contributed by atoms with Gasteiger partial charge in [0.2, 0.25) is 0 Å². The van der Waals surface area contributed by atoms with Gasteiger partial charge in [0.1, 0.15) is 11.2 Å². The second-order valence-corrected chi connectivity index (χ2v) is 3.84. The Bertz CT molecular complexity index is 391. The maximum atomic E-state index is 8.87. The summed E-state index contributed by atoms with van der Waals surface area (Å²) in [5.41, 5.74) is 1.32. The second-order valence-electron chi connectivity index (χ2n) is 3.07. The van der Waals surface area contributed by atoms with Gasteiger partial charge in [0.15, 0.2) is 0 Å². The molecule has 0 unspecified atom stereocenters. The first-order chi connectivity index (χ1) is 6.24. The lowest BCUT2D eigenvalue weighted by atomic mass is 10.1. The highest BCUT2D eigenvalue weighted by molar-refractivity contribution is 6.33. The van der Waals surface area contributed by atoms with Gasteiger partial charge in [-0.1, -0.05) is 23.2 Å². The van der Waals surface area contributed by atoms with Crippen LogP contribution in [0, 0.1) is 11.3 Å². The Morgan fingerprint density at radius 2 is 2.15 bits per heavy atom. The first kappa shape index (κ1) is 8.80. The van der Waals surface area contributed by atoms with Crippen molar-refractivity contribution in [3.8, 4) is 6.07 Å². The number of halogens is 2. The molecule has 1 aliphatic rings. The minimum absolute atomic E-state index is 0.258. The maximum Gasteiger partial charge on any atom is 0.147 e. The molecular weight excluding hydrogens is 207 g/mol. The third kappa shape index (κ3) is 1.50. The standard InChI is InChI=1S/C9H6Cl2N2/c10-7-4-13-9(11)6(3-12)8(7)5-1-2-5/h4-5H,1-2H2. The molecule has 0 aromatic carbocycles. The third-order valence-corrected chi connectivity index (χ3v) is 2.71. The highest BCUT2D eigenvalue weighted by atomic mass is 35.5. The lowest BCUT2D eigenvalue weighted by Gasteiger charge is -2.04. The molecule has 0 amide bonds. The quantitative estimate of drug-likeness (QED) is 0.672. The van der Waals surface area contributed by atoms with Crippen LogP contribution in [0.25, 0.3) is 0 Å². The lowest BCUT2D eigenvalue weighted by Crippen LogP contribution is -1.92. The summed E-state index contributed by atoms with van der Waals surface area (Å²) in [4.78, 5) is 3.83. The normalized spacial score (nSPS) is 15.5. The van der Waals surface area contributed by atoms with Crippen LogP contribution in [0.1, 0.15) is 29.9 Å². The molecule has 1 fully saturated rings. The Labute approximate surface area is 86.1 Å². The molecule has 0 aliphatic heterocycles. The zero-order chi connectivity index (χ0) is 9.42. The van der Waals surface area contributed by atoms with Crippen LogP contribution in [0.4, 0.5) is 0 Å². The summed E-state index contributed by atoms with van der Waals surface area (Å²) in [6.07, 6.45) is 3.70. The molecule has 2 nitrogen and oxygen atoms in total. The fourth-order valence-corrected chi connectivity index (χ4v) is 1.85. The smallest absolute Gasteiger partial charge is 0.147 e. The van der Waals surface area contributed by atoms with Gasteiger partial charge in [0, 0.05) is 6.20 Å². The van der Waals surface area contributed by atoms with Gasteiger partial charge in [-0.25, -0.2) is 4.98 Å². The summed E-state index contributed by atoms with van der Waals surface area (Å²) < 4.78 is 0. The predicted octanol–water partition coefficient (Wildman–Crippen LogP) is 3.14. The number of pyridine rings is 1. The van der Waals surface area contributed by atoms with Crippen LogP contribution in [0.15, 0.2) is 6.20 Å². The molecule has 1 saturated carbocycles. The van der Waals surface area contributed by atoms with E-state index in [4.69, 9.17) is 28.5 Å². The monoisotopic (exact) mass is 212 g/mol. The molecule has 2 rings (SSSR count). The van der Waals surface area contributed by atoms with Crippen LogP contribution in [-0.2, 0) is 0 Å². The van der Waals surface area contributed by atoms with Gasteiger partial charge in [-0.3, -0.25) is 0 Å². The molecule has 1 heterocycles. The molecule has 1 aromatic heterocycles. The van der Waals surface area contributed by atoms with Crippen molar-refractivity contribution in [3.05, 3.63) is 27.5 Å². The van der Waals surface area contributed by atoms with Crippen molar-refractivity contribution in [2.45, 2.75) is 18.8 Å². The first-order valence-electron chi connectivity index (χ1n) is 3.98. The van der Waals surface area contributed by atoms with Crippen LogP contribution in [0.5, 0.6) is 0 Å². The Balaban J connectivity index is 2.62. The van der Waals surface area contributed by atoms with E-state index >= 15 is 0 Å². The average Bonchev–Trinajstić information content (AvgIpc) is 2.91.